The number of aromatic nitrogens is 1. The van der Waals surface area contributed by atoms with Crippen molar-refractivity contribution in [2.24, 2.45) is 0 Å². The summed E-state index contributed by atoms with van der Waals surface area (Å²) in [5.41, 5.74) is 3.34. The first-order valence-corrected chi connectivity index (χ1v) is 13.6. The highest BCUT2D eigenvalue weighted by atomic mass is 35.5. The molecule has 0 radical (unpaired) electrons. The number of hydrogen-bond acceptors (Lipinski definition) is 5. The first-order chi connectivity index (χ1) is 18.4. The summed E-state index contributed by atoms with van der Waals surface area (Å²) in [6, 6.07) is 20.5. The molecule has 0 spiro atoms. The van der Waals surface area contributed by atoms with Gasteiger partial charge in [-0.3, -0.25) is 9.69 Å². The number of benzene rings is 3. The van der Waals surface area contributed by atoms with Gasteiger partial charge in [0.15, 0.2) is 0 Å². The predicted molar refractivity (Wildman–Crippen MR) is 147 cm³/mol. The van der Waals surface area contributed by atoms with Gasteiger partial charge in [0.05, 0.1) is 17.3 Å². The summed E-state index contributed by atoms with van der Waals surface area (Å²) in [6.45, 7) is 4.23. The monoisotopic (exact) mass is 552 g/mol. The van der Waals surface area contributed by atoms with Crippen molar-refractivity contribution in [3.8, 4) is 0 Å². The van der Waals surface area contributed by atoms with E-state index >= 15 is 0 Å². The second kappa shape index (κ2) is 12.0. The van der Waals surface area contributed by atoms with E-state index in [4.69, 9.17) is 11.6 Å². The van der Waals surface area contributed by atoms with Crippen LogP contribution in [-0.2, 0) is 19.6 Å². The van der Waals surface area contributed by atoms with Gasteiger partial charge in [0.25, 0.3) is 5.91 Å². The lowest BCUT2D eigenvalue weighted by Gasteiger charge is -2.36. The number of halogens is 3. The van der Waals surface area contributed by atoms with Crippen molar-refractivity contribution >= 4 is 34.5 Å². The van der Waals surface area contributed by atoms with E-state index in [1.807, 2.05) is 34.5 Å². The zero-order valence-corrected chi connectivity index (χ0v) is 22.3. The Kier molecular flexibility index (Phi) is 8.32. The highest BCUT2D eigenvalue weighted by Crippen LogP contribution is 2.26. The molecular weight excluding hydrogens is 526 g/mol. The molecule has 1 aromatic heterocycles. The molecule has 3 aromatic carbocycles. The van der Waals surface area contributed by atoms with Crippen LogP contribution in [0.2, 0.25) is 5.02 Å². The Labute approximate surface area is 229 Å². The molecule has 38 heavy (non-hydrogen) atoms. The Morgan fingerprint density at radius 1 is 0.842 bits per heavy atom. The van der Waals surface area contributed by atoms with Gasteiger partial charge in [-0.1, -0.05) is 48.0 Å². The molecule has 9 heteroatoms. The number of anilines is 1. The van der Waals surface area contributed by atoms with E-state index in [1.54, 1.807) is 24.3 Å². The van der Waals surface area contributed by atoms with Crippen molar-refractivity contribution in [1.82, 2.24) is 14.8 Å². The van der Waals surface area contributed by atoms with Crippen LogP contribution < -0.4 is 4.90 Å². The molecule has 1 fully saturated rings. The largest absolute Gasteiger partial charge is 0.367 e. The highest BCUT2D eigenvalue weighted by Gasteiger charge is 2.25. The highest BCUT2D eigenvalue weighted by molar-refractivity contribution is 7.09. The van der Waals surface area contributed by atoms with Crippen LogP contribution >= 0.6 is 22.9 Å². The molecule has 0 aliphatic carbocycles. The molecular formula is C29H27ClF2N4OS. The maximum Gasteiger partial charge on any atom is 0.273 e. The molecule has 1 aliphatic heterocycles. The summed E-state index contributed by atoms with van der Waals surface area (Å²) in [5, 5.41) is 3.33. The minimum Gasteiger partial charge on any atom is -0.367 e. The number of carbonyl (C=O) groups excluding carboxylic acids is 1. The van der Waals surface area contributed by atoms with Crippen molar-refractivity contribution in [3.63, 3.8) is 0 Å². The number of hydrogen-bond donors (Lipinski definition) is 0. The summed E-state index contributed by atoms with van der Waals surface area (Å²) in [4.78, 5) is 24.0. The summed E-state index contributed by atoms with van der Waals surface area (Å²) >= 11 is 7.79. The number of piperazine rings is 1. The van der Waals surface area contributed by atoms with Gasteiger partial charge in [0.1, 0.15) is 22.3 Å². The van der Waals surface area contributed by atoms with Crippen molar-refractivity contribution in [1.29, 1.82) is 0 Å². The Bertz CT molecular complexity index is 1320. The smallest absolute Gasteiger partial charge is 0.273 e. The zero-order valence-electron chi connectivity index (χ0n) is 20.7. The van der Waals surface area contributed by atoms with E-state index in [-0.39, 0.29) is 17.5 Å². The van der Waals surface area contributed by atoms with Crippen LogP contribution in [0.4, 0.5) is 14.5 Å². The van der Waals surface area contributed by atoms with Gasteiger partial charge >= 0.3 is 0 Å². The summed E-state index contributed by atoms with van der Waals surface area (Å²) in [7, 11) is 0. The standard InChI is InChI=1S/C29H27ClF2N4OS/c30-25-3-1-2-4-27(25)35-13-15-36(16-14-35)29(37)26-20-38-28(33-26)19-34(17-21-5-9-23(31)10-6-21)18-22-7-11-24(32)12-8-22/h1-12,20H,13-19H2. The van der Waals surface area contributed by atoms with E-state index < -0.39 is 0 Å². The number of para-hydroxylation sites is 1. The molecule has 4 aromatic rings. The minimum absolute atomic E-state index is 0.0741. The lowest BCUT2D eigenvalue weighted by molar-refractivity contribution is 0.0741. The molecule has 5 rings (SSSR count). The Hall–Kier alpha value is -3.33. The molecule has 0 N–H and O–H groups in total. The fourth-order valence-electron chi connectivity index (χ4n) is 4.56. The Balaban J connectivity index is 1.24. The predicted octanol–water partition coefficient (Wildman–Crippen LogP) is 6.24. The maximum atomic E-state index is 13.4. The number of amides is 1. The van der Waals surface area contributed by atoms with Gasteiger partial charge in [0, 0.05) is 44.6 Å². The van der Waals surface area contributed by atoms with Crippen molar-refractivity contribution in [2.45, 2.75) is 19.6 Å². The fraction of sp³-hybridized carbons (Fsp3) is 0.241. The summed E-state index contributed by atoms with van der Waals surface area (Å²) in [5.74, 6) is -0.640. The van der Waals surface area contributed by atoms with Gasteiger partial charge in [-0.25, -0.2) is 13.8 Å². The van der Waals surface area contributed by atoms with Crippen molar-refractivity contribution in [3.05, 3.63) is 117 Å². The molecule has 0 atom stereocenters. The average molecular weight is 553 g/mol. The Morgan fingerprint density at radius 3 is 2.00 bits per heavy atom. The molecule has 196 valence electrons. The van der Waals surface area contributed by atoms with Crippen LogP contribution in [0.15, 0.2) is 78.2 Å². The third kappa shape index (κ3) is 6.56. The van der Waals surface area contributed by atoms with Crippen molar-refractivity contribution < 1.29 is 13.6 Å². The fourth-order valence-corrected chi connectivity index (χ4v) is 5.62. The van der Waals surface area contributed by atoms with E-state index in [1.165, 1.54) is 35.6 Å². The lowest BCUT2D eigenvalue weighted by Crippen LogP contribution is -2.49. The lowest BCUT2D eigenvalue weighted by atomic mass is 10.1. The third-order valence-corrected chi connectivity index (χ3v) is 7.68. The van der Waals surface area contributed by atoms with Gasteiger partial charge in [-0.15, -0.1) is 11.3 Å². The van der Waals surface area contributed by atoms with Gasteiger partial charge < -0.3 is 9.80 Å². The van der Waals surface area contributed by atoms with Crippen LogP contribution in [-0.4, -0.2) is 46.9 Å². The minimum atomic E-state index is -0.283. The average Bonchev–Trinajstić information content (AvgIpc) is 3.40. The number of rotatable bonds is 8. The molecule has 1 amide bonds. The van der Waals surface area contributed by atoms with Crippen LogP contribution in [0.25, 0.3) is 0 Å². The normalized spacial score (nSPS) is 13.8. The molecule has 2 heterocycles. The van der Waals surface area contributed by atoms with E-state index in [9.17, 15) is 13.6 Å². The first-order valence-electron chi connectivity index (χ1n) is 12.4. The zero-order chi connectivity index (χ0) is 26.5. The van der Waals surface area contributed by atoms with Gasteiger partial charge in [-0.05, 0) is 47.5 Å². The van der Waals surface area contributed by atoms with Gasteiger partial charge in [0.2, 0.25) is 0 Å². The molecule has 0 bridgehead atoms. The molecule has 1 saturated heterocycles. The number of carbonyl (C=O) groups is 1. The molecule has 0 unspecified atom stereocenters. The van der Waals surface area contributed by atoms with Crippen LogP contribution in [0.3, 0.4) is 0 Å². The van der Waals surface area contributed by atoms with Crippen molar-refractivity contribution in [2.75, 3.05) is 31.1 Å². The SMILES string of the molecule is O=C(c1csc(CN(Cc2ccc(F)cc2)Cc2ccc(F)cc2)n1)N1CCN(c2ccccc2Cl)CC1. The molecule has 0 saturated carbocycles. The quantitative estimate of drug-likeness (QED) is 0.259. The molecule has 1 aliphatic rings. The second-order valence-corrected chi connectivity index (χ2v) is 10.6. The Morgan fingerprint density at radius 2 is 1.42 bits per heavy atom. The molecule has 5 nitrogen and oxygen atoms in total. The second-order valence-electron chi connectivity index (χ2n) is 9.26. The maximum absolute atomic E-state index is 13.4. The summed E-state index contributed by atoms with van der Waals surface area (Å²) < 4.78 is 26.8. The summed E-state index contributed by atoms with van der Waals surface area (Å²) in [6.07, 6.45) is 0. The van der Waals surface area contributed by atoms with Gasteiger partial charge in [-0.2, -0.15) is 0 Å². The number of nitrogens with zero attached hydrogens (tertiary/aromatic N) is 4. The number of thiazole rings is 1. The topological polar surface area (TPSA) is 39.7 Å². The van der Waals surface area contributed by atoms with E-state index in [0.717, 1.165) is 21.8 Å². The van der Waals surface area contributed by atoms with Crippen LogP contribution in [0.1, 0.15) is 26.6 Å². The van der Waals surface area contributed by atoms with E-state index in [0.29, 0.717) is 56.5 Å². The van der Waals surface area contributed by atoms with E-state index in [2.05, 4.69) is 14.8 Å². The first kappa shape index (κ1) is 26.3. The van der Waals surface area contributed by atoms with Crippen LogP contribution in [0.5, 0.6) is 0 Å². The third-order valence-electron chi connectivity index (χ3n) is 6.53. The van der Waals surface area contributed by atoms with Crippen LogP contribution in [0, 0.1) is 11.6 Å².